The van der Waals surface area contributed by atoms with E-state index < -0.39 is 24.1 Å². The molecule has 2 saturated heterocycles. The van der Waals surface area contributed by atoms with E-state index in [0.29, 0.717) is 25.0 Å². The topological polar surface area (TPSA) is 93.1 Å². The number of aliphatic carboxylic acids is 1. The number of rotatable bonds is 3. The van der Waals surface area contributed by atoms with E-state index in [1.54, 1.807) is 4.90 Å². The van der Waals surface area contributed by atoms with E-state index in [0.717, 1.165) is 25.8 Å². The summed E-state index contributed by atoms with van der Waals surface area (Å²) in [5.41, 5.74) is 0. The number of fused-ring (bicyclic) bond motifs is 1. The van der Waals surface area contributed by atoms with Gasteiger partial charge < -0.3 is 25.3 Å². The second-order valence-electron chi connectivity index (χ2n) is 6.19. The van der Waals surface area contributed by atoms with Crippen LogP contribution in [0, 0.1) is 5.92 Å². The lowest BCUT2D eigenvalue weighted by Crippen LogP contribution is -2.58. The molecule has 0 saturated carbocycles. The zero-order chi connectivity index (χ0) is 15.6. The Balaban J connectivity index is 1.93. The van der Waals surface area contributed by atoms with E-state index in [9.17, 15) is 14.7 Å². The van der Waals surface area contributed by atoms with Gasteiger partial charge in [0, 0.05) is 19.1 Å². The molecule has 2 rings (SSSR count). The van der Waals surface area contributed by atoms with Crippen molar-refractivity contribution in [3.63, 3.8) is 0 Å². The summed E-state index contributed by atoms with van der Waals surface area (Å²) in [6.07, 6.45) is 2.04. The maximum atomic E-state index is 12.2. The number of nitrogens with one attached hydrogen (secondary N) is 1. The minimum absolute atomic E-state index is 0.394. The van der Waals surface area contributed by atoms with Crippen molar-refractivity contribution in [3.8, 4) is 0 Å². The van der Waals surface area contributed by atoms with E-state index in [1.165, 1.54) is 6.92 Å². The van der Waals surface area contributed by atoms with Gasteiger partial charge in [-0.15, -0.1) is 0 Å². The fourth-order valence-corrected chi connectivity index (χ4v) is 3.45. The number of piperidine rings is 2. The molecule has 7 nitrogen and oxygen atoms in total. The van der Waals surface area contributed by atoms with Crippen LogP contribution in [-0.2, 0) is 4.79 Å². The first-order valence-corrected chi connectivity index (χ1v) is 7.56. The predicted octanol–water partition coefficient (Wildman–Crippen LogP) is -0.0539. The Hall–Kier alpha value is -1.34. The molecule has 0 aromatic rings. The first-order valence-electron chi connectivity index (χ1n) is 7.56. The molecule has 0 bridgehead atoms. The Morgan fingerprint density at radius 1 is 1.29 bits per heavy atom. The number of aliphatic hydroxyl groups is 1. The van der Waals surface area contributed by atoms with Crippen molar-refractivity contribution in [1.29, 1.82) is 0 Å². The van der Waals surface area contributed by atoms with Crippen LogP contribution in [0.1, 0.15) is 26.2 Å². The van der Waals surface area contributed by atoms with Crippen LogP contribution < -0.4 is 5.32 Å². The largest absolute Gasteiger partial charge is 0.480 e. The number of aliphatic hydroxyl groups excluding tert-OH is 1. The smallest absolute Gasteiger partial charge is 0.328 e. The lowest BCUT2D eigenvalue weighted by Gasteiger charge is -2.46. The standard InChI is InChI=1S/C14H25N3O4/c1-9(18)12(13(19)20)15-14(21)17-7-5-11-10(8-17)4-3-6-16(11)2/h9-12,18H,3-8H2,1-2H3,(H,15,21)(H,19,20)/t9-,10?,11?,12+/m1/s1. The molecule has 2 amide bonds. The first kappa shape index (κ1) is 16.0. The maximum Gasteiger partial charge on any atom is 0.328 e. The second-order valence-corrected chi connectivity index (χ2v) is 6.19. The summed E-state index contributed by atoms with van der Waals surface area (Å²) in [7, 11) is 2.13. The highest BCUT2D eigenvalue weighted by Crippen LogP contribution is 2.29. The molecule has 0 aliphatic carbocycles. The molecule has 2 fully saturated rings. The maximum absolute atomic E-state index is 12.2. The number of carbonyl (C=O) groups is 2. The van der Waals surface area contributed by atoms with Gasteiger partial charge in [0.25, 0.3) is 0 Å². The lowest BCUT2D eigenvalue weighted by molar-refractivity contribution is -0.141. The van der Waals surface area contributed by atoms with E-state index in [4.69, 9.17) is 5.11 Å². The third-order valence-electron chi connectivity index (χ3n) is 4.66. The summed E-state index contributed by atoms with van der Waals surface area (Å²) in [5.74, 6) is -0.760. The molecule has 0 aromatic carbocycles. The van der Waals surface area contributed by atoms with Crippen molar-refractivity contribution in [3.05, 3.63) is 0 Å². The highest BCUT2D eigenvalue weighted by atomic mass is 16.4. The third kappa shape index (κ3) is 3.65. The quantitative estimate of drug-likeness (QED) is 0.679. The Kier molecular flexibility index (Phi) is 5.05. The van der Waals surface area contributed by atoms with Crippen molar-refractivity contribution in [2.24, 2.45) is 5.92 Å². The lowest BCUT2D eigenvalue weighted by atomic mass is 9.84. The number of carboxylic acid groups (broad SMARTS) is 1. The summed E-state index contributed by atoms with van der Waals surface area (Å²) in [5, 5.41) is 20.9. The average Bonchev–Trinajstić information content (AvgIpc) is 2.43. The van der Waals surface area contributed by atoms with Crippen molar-refractivity contribution in [2.45, 2.75) is 44.4 Å². The second kappa shape index (κ2) is 6.62. The molecule has 2 aliphatic heterocycles. The Bertz CT molecular complexity index is 402. The number of carboxylic acids is 1. The van der Waals surface area contributed by atoms with E-state index in [1.807, 2.05) is 0 Å². The number of urea groups is 1. The van der Waals surface area contributed by atoms with Crippen molar-refractivity contribution in [2.75, 3.05) is 26.7 Å². The van der Waals surface area contributed by atoms with Crippen LogP contribution in [0.2, 0.25) is 0 Å². The van der Waals surface area contributed by atoms with Gasteiger partial charge >= 0.3 is 12.0 Å². The molecule has 0 aromatic heterocycles. The van der Waals surface area contributed by atoms with Crippen molar-refractivity contribution in [1.82, 2.24) is 15.1 Å². The Morgan fingerprint density at radius 3 is 2.62 bits per heavy atom. The van der Waals surface area contributed by atoms with Gasteiger partial charge in [0.2, 0.25) is 0 Å². The molecule has 0 spiro atoms. The zero-order valence-corrected chi connectivity index (χ0v) is 12.7. The van der Waals surface area contributed by atoms with Gasteiger partial charge in [0.05, 0.1) is 6.10 Å². The molecular weight excluding hydrogens is 274 g/mol. The molecule has 2 unspecified atom stereocenters. The molecule has 0 radical (unpaired) electrons. The molecule has 7 heteroatoms. The van der Waals surface area contributed by atoms with Gasteiger partial charge in [-0.3, -0.25) is 0 Å². The SMILES string of the molecule is C[C@@H](O)[C@H](NC(=O)N1CCC2C(CCCN2C)C1)C(=O)O. The molecule has 2 aliphatic rings. The van der Waals surface area contributed by atoms with Gasteiger partial charge in [0.1, 0.15) is 0 Å². The Morgan fingerprint density at radius 2 is 2.00 bits per heavy atom. The number of hydrogen-bond donors (Lipinski definition) is 3. The number of amides is 2. The predicted molar refractivity (Wildman–Crippen MR) is 77.0 cm³/mol. The minimum atomic E-state index is -1.26. The highest BCUT2D eigenvalue weighted by molar-refractivity contribution is 5.83. The molecule has 21 heavy (non-hydrogen) atoms. The molecule has 120 valence electrons. The number of likely N-dealkylation sites (tertiary alicyclic amines) is 2. The first-order chi connectivity index (χ1) is 9.90. The van der Waals surface area contributed by atoms with Crippen LogP contribution >= 0.6 is 0 Å². The fourth-order valence-electron chi connectivity index (χ4n) is 3.45. The average molecular weight is 299 g/mol. The fraction of sp³-hybridized carbons (Fsp3) is 0.857. The van der Waals surface area contributed by atoms with Crippen LogP contribution in [0.15, 0.2) is 0 Å². The third-order valence-corrected chi connectivity index (χ3v) is 4.66. The van der Waals surface area contributed by atoms with E-state index in [2.05, 4.69) is 17.3 Å². The number of nitrogens with zero attached hydrogens (tertiary/aromatic N) is 2. The van der Waals surface area contributed by atoms with Gasteiger partial charge in [-0.1, -0.05) is 0 Å². The minimum Gasteiger partial charge on any atom is -0.480 e. The van der Waals surface area contributed by atoms with Gasteiger partial charge in [-0.2, -0.15) is 0 Å². The van der Waals surface area contributed by atoms with Crippen LogP contribution in [0.5, 0.6) is 0 Å². The van der Waals surface area contributed by atoms with E-state index >= 15 is 0 Å². The molecular formula is C14H25N3O4. The van der Waals surface area contributed by atoms with Crippen molar-refractivity contribution < 1.29 is 19.8 Å². The van der Waals surface area contributed by atoms with Gasteiger partial charge in [-0.25, -0.2) is 9.59 Å². The van der Waals surface area contributed by atoms with Crippen molar-refractivity contribution >= 4 is 12.0 Å². The number of carbonyl (C=O) groups excluding carboxylic acids is 1. The summed E-state index contributed by atoms with van der Waals surface area (Å²) < 4.78 is 0. The van der Waals surface area contributed by atoms with Crippen LogP contribution in [0.25, 0.3) is 0 Å². The summed E-state index contributed by atoms with van der Waals surface area (Å²) in [6, 6.07) is -1.13. The molecule has 3 N–H and O–H groups in total. The van der Waals surface area contributed by atoms with Crippen LogP contribution in [0.3, 0.4) is 0 Å². The van der Waals surface area contributed by atoms with E-state index in [-0.39, 0.29) is 0 Å². The summed E-state index contributed by atoms with van der Waals surface area (Å²) in [4.78, 5) is 27.3. The number of hydrogen-bond acceptors (Lipinski definition) is 4. The zero-order valence-electron chi connectivity index (χ0n) is 12.7. The monoisotopic (exact) mass is 299 g/mol. The van der Waals surface area contributed by atoms with Gasteiger partial charge in [0.15, 0.2) is 6.04 Å². The normalized spacial score (nSPS) is 29.4. The summed E-state index contributed by atoms with van der Waals surface area (Å²) in [6.45, 7) is 3.76. The summed E-state index contributed by atoms with van der Waals surface area (Å²) >= 11 is 0. The molecule has 4 atom stereocenters. The molecule has 2 heterocycles. The Labute approximate surface area is 124 Å². The highest BCUT2D eigenvalue weighted by Gasteiger charge is 2.36. The van der Waals surface area contributed by atoms with Crippen LogP contribution in [0.4, 0.5) is 4.79 Å². The van der Waals surface area contributed by atoms with Gasteiger partial charge in [-0.05, 0) is 45.7 Å². The van der Waals surface area contributed by atoms with Crippen LogP contribution in [-0.4, -0.2) is 76.9 Å².